The van der Waals surface area contributed by atoms with Crippen molar-refractivity contribution in [2.45, 2.75) is 13.0 Å². The van der Waals surface area contributed by atoms with Gasteiger partial charge in [-0.2, -0.15) is 5.10 Å². The minimum absolute atomic E-state index is 0.134. The Balaban J connectivity index is 2.18. The van der Waals surface area contributed by atoms with Gasteiger partial charge in [-0.15, -0.1) is 0 Å². The Hall–Kier alpha value is -0.870. The van der Waals surface area contributed by atoms with Gasteiger partial charge in [0.25, 0.3) is 0 Å². The van der Waals surface area contributed by atoms with E-state index in [4.69, 9.17) is 4.74 Å². The summed E-state index contributed by atoms with van der Waals surface area (Å²) in [5.41, 5.74) is 2.27. The van der Waals surface area contributed by atoms with Crippen molar-refractivity contribution in [2.24, 2.45) is 7.05 Å². The first-order valence-electron chi connectivity index (χ1n) is 4.60. The Kier molecular flexibility index (Phi) is 2.33. The van der Waals surface area contributed by atoms with Gasteiger partial charge in [-0.1, -0.05) is 0 Å². The highest BCUT2D eigenvalue weighted by Gasteiger charge is 2.19. The van der Waals surface area contributed by atoms with Gasteiger partial charge in [0, 0.05) is 26.3 Å². The predicted octanol–water partition coefficient (Wildman–Crippen LogP) is 0.389. The van der Waals surface area contributed by atoms with E-state index in [1.54, 1.807) is 0 Å². The summed E-state index contributed by atoms with van der Waals surface area (Å²) in [5, 5.41) is 7.68. The van der Waals surface area contributed by atoms with E-state index < -0.39 is 0 Å². The number of hydrogen-bond donors (Lipinski definition) is 1. The van der Waals surface area contributed by atoms with E-state index in [9.17, 15) is 0 Å². The van der Waals surface area contributed by atoms with Crippen LogP contribution in [0.1, 0.15) is 17.4 Å². The summed E-state index contributed by atoms with van der Waals surface area (Å²) < 4.78 is 7.46. The largest absolute Gasteiger partial charge is 0.369 e. The fourth-order valence-electron chi connectivity index (χ4n) is 1.68. The highest BCUT2D eigenvalue weighted by Crippen LogP contribution is 2.19. The van der Waals surface area contributed by atoms with Crippen LogP contribution in [0.4, 0.5) is 0 Å². The van der Waals surface area contributed by atoms with Gasteiger partial charge in [-0.3, -0.25) is 4.68 Å². The van der Waals surface area contributed by atoms with Crippen molar-refractivity contribution in [1.29, 1.82) is 0 Å². The summed E-state index contributed by atoms with van der Waals surface area (Å²) in [7, 11) is 1.94. The van der Waals surface area contributed by atoms with E-state index in [1.807, 2.05) is 17.9 Å². The first kappa shape index (κ1) is 8.72. The fraction of sp³-hybridized carbons (Fsp3) is 0.667. The Morgan fingerprint density at radius 1 is 1.69 bits per heavy atom. The van der Waals surface area contributed by atoms with Crippen LogP contribution in [0.3, 0.4) is 0 Å². The van der Waals surface area contributed by atoms with Gasteiger partial charge in [0.2, 0.25) is 0 Å². The van der Waals surface area contributed by atoms with Gasteiger partial charge in [-0.25, -0.2) is 0 Å². The van der Waals surface area contributed by atoms with Crippen LogP contribution in [-0.2, 0) is 11.8 Å². The average Bonchev–Trinajstić information content (AvgIpc) is 2.47. The van der Waals surface area contributed by atoms with E-state index in [1.165, 1.54) is 5.56 Å². The SMILES string of the molecule is Cc1cn(C)nc1C1CNCCO1. The Morgan fingerprint density at radius 2 is 2.54 bits per heavy atom. The zero-order chi connectivity index (χ0) is 9.26. The second-order valence-corrected chi connectivity index (χ2v) is 3.43. The first-order valence-corrected chi connectivity index (χ1v) is 4.60. The zero-order valence-electron chi connectivity index (χ0n) is 8.08. The number of ether oxygens (including phenoxy) is 1. The molecule has 2 rings (SSSR count). The summed E-state index contributed by atoms with van der Waals surface area (Å²) in [6.07, 6.45) is 2.16. The lowest BCUT2D eigenvalue weighted by Crippen LogP contribution is -2.33. The zero-order valence-corrected chi connectivity index (χ0v) is 8.08. The summed E-state index contributed by atoms with van der Waals surface area (Å²) in [5.74, 6) is 0. The second-order valence-electron chi connectivity index (χ2n) is 3.43. The van der Waals surface area contributed by atoms with Gasteiger partial charge in [0.1, 0.15) is 6.10 Å². The molecule has 4 heteroatoms. The van der Waals surface area contributed by atoms with E-state index >= 15 is 0 Å². The second kappa shape index (κ2) is 3.47. The van der Waals surface area contributed by atoms with Crippen LogP contribution < -0.4 is 5.32 Å². The van der Waals surface area contributed by atoms with Crippen molar-refractivity contribution in [3.63, 3.8) is 0 Å². The Labute approximate surface area is 77.9 Å². The molecule has 0 amide bonds. The van der Waals surface area contributed by atoms with Crippen molar-refractivity contribution in [1.82, 2.24) is 15.1 Å². The molecule has 72 valence electrons. The molecule has 1 unspecified atom stereocenters. The van der Waals surface area contributed by atoms with Crippen molar-refractivity contribution in [3.8, 4) is 0 Å². The molecular weight excluding hydrogens is 166 g/mol. The highest BCUT2D eigenvalue weighted by atomic mass is 16.5. The average molecular weight is 181 g/mol. The molecule has 0 bridgehead atoms. The third kappa shape index (κ3) is 1.73. The highest BCUT2D eigenvalue weighted by molar-refractivity contribution is 5.18. The molecule has 0 saturated carbocycles. The molecule has 1 aliphatic rings. The van der Waals surface area contributed by atoms with Gasteiger partial charge >= 0.3 is 0 Å². The predicted molar refractivity (Wildman–Crippen MR) is 49.5 cm³/mol. The van der Waals surface area contributed by atoms with Crippen LogP contribution in [0.5, 0.6) is 0 Å². The van der Waals surface area contributed by atoms with Gasteiger partial charge in [-0.05, 0) is 12.5 Å². The molecule has 2 heterocycles. The monoisotopic (exact) mass is 181 g/mol. The normalized spacial score (nSPS) is 23.4. The number of hydrogen-bond acceptors (Lipinski definition) is 3. The van der Waals surface area contributed by atoms with E-state index in [0.29, 0.717) is 0 Å². The van der Waals surface area contributed by atoms with Crippen LogP contribution in [0.15, 0.2) is 6.20 Å². The minimum atomic E-state index is 0.134. The van der Waals surface area contributed by atoms with Crippen molar-refractivity contribution in [2.75, 3.05) is 19.7 Å². The third-order valence-corrected chi connectivity index (χ3v) is 2.28. The van der Waals surface area contributed by atoms with Crippen molar-refractivity contribution in [3.05, 3.63) is 17.5 Å². The number of nitrogens with one attached hydrogen (secondary N) is 1. The summed E-state index contributed by atoms with van der Waals surface area (Å²) in [4.78, 5) is 0. The molecule has 0 aromatic carbocycles. The van der Waals surface area contributed by atoms with Crippen LogP contribution in [0.2, 0.25) is 0 Å². The molecule has 13 heavy (non-hydrogen) atoms. The summed E-state index contributed by atoms with van der Waals surface area (Å²) in [6.45, 7) is 4.67. The van der Waals surface area contributed by atoms with Crippen molar-refractivity contribution >= 4 is 0 Å². The standard InChI is InChI=1S/C9H15N3O/c1-7-6-12(2)11-9(7)8-5-10-3-4-13-8/h6,8,10H,3-5H2,1-2H3. The maximum absolute atomic E-state index is 5.62. The number of aryl methyl sites for hydroxylation is 2. The Morgan fingerprint density at radius 3 is 3.08 bits per heavy atom. The van der Waals surface area contributed by atoms with Gasteiger partial charge in [0.15, 0.2) is 0 Å². The number of aromatic nitrogens is 2. The van der Waals surface area contributed by atoms with Gasteiger partial charge < -0.3 is 10.1 Å². The molecule has 1 saturated heterocycles. The molecule has 1 atom stereocenters. The summed E-state index contributed by atoms with van der Waals surface area (Å²) in [6, 6.07) is 0. The lowest BCUT2D eigenvalue weighted by molar-refractivity contribution is 0.0243. The lowest BCUT2D eigenvalue weighted by atomic mass is 10.1. The minimum Gasteiger partial charge on any atom is -0.369 e. The molecule has 1 fully saturated rings. The third-order valence-electron chi connectivity index (χ3n) is 2.28. The molecule has 0 aliphatic carbocycles. The van der Waals surface area contributed by atoms with Crippen molar-refractivity contribution < 1.29 is 4.74 Å². The maximum atomic E-state index is 5.62. The fourth-order valence-corrected chi connectivity index (χ4v) is 1.68. The topological polar surface area (TPSA) is 39.1 Å². The number of rotatable bonds is 1. The molecule has 4 nitrogen and oxygen atoms in total. The quantitative estimate of drug-likeness (QED) is 0.681. The maximum Gasteiger partial charge on any atom is 0.114 e. The van der Waals surface area contributed by atoms with Crippen LogP contribution in [0.25, 0.3) is 0 Å². The lowest BCUT2D eigenvalue weighted by Gasteiger charge is -2.22. The van der Waals surface area contributed by atoms with E-state index in [-0.39, 0.29) is 6.10 Å². The Bertz CT molecular complexity index is 289. The van der Waals surface area contributed by atoms with Crippen LogP contribution in [-0.4, -0.2) is 29.5 Å². The molecule has 0 radical (unpaired) electrons. The molecule has 1 aromatic heterocycles. The van der Waals surface area contributed by atoms with Crippen LogP contribution in [0, 0.1) is 6.92 Å². The van der Waals surface area contributed by atoms with Gasteiger partial charge in [0.05, 0.1) is 12.3 Å². The van der Waals surface area contributed by atoms with E-state index in [2.05, 4.69) is 17.3 Å². The van der Waals surface area contributed by atoms with Crippen LogP contribution >= 0.6 is 0 Å². The first-order chi connectivity index (χ1) is 6.27. The molecule has 1 aromatic rings. The molecule has 1 N–H and O–H groups in total. The summed E-state index contributed by atoms with van der Waals surface area (Å²) >= 11 is 0. The number of nitrogens with zero attached hydrogens (tertiary/aromatic N) is 2. The smallest absolute Gasteiger partial charge is 0.114 e. The molecular formula is C9H15N3O. The van der Waals surface area contributed by atoms with E-state index in [0.717, 1.165) is 25.4 Å². The molecule has 1 aliphatic heterocycles. The molecule has 0 spiro atoms. The number of morpholine rings is 1.